The van der Waals surface area contributed by atoms with Gasteiger partial charge in [0, 0.05) is 12.5 Å². The molecule has 0 atom stereocenters. The smallest absolute Gasteiger partial charge is 0.208 e. The second-order valence-corrected chi connectivity index (χ2v) is 7.21. The van der Waals surface area contributed by atoms with E-state index in [4.69, 9.17) is 9.47 Å². The fourth-order valence-electron chi connectivity index (χ4n) is 3.87. The van der Waals surface area contributed by atoms with E-state index in [-0.39, 0.29) is 24.0 Å². The number of allylic oxidation sites excluding steroid dienone is 1. The molecule has 30 heavy (non-hydrogen) atoms. The fourth-order valence-corrected chi connectivity index (χ4v) is 3.87. The Labute approximate surface area is 195 Å². The van der Waals surface area contributed by atoms with Crippen molar-refractivity contribution in [1.29, 1.82) is 0 Å². The van der Waals surface area contributed by atoms with Crippen LogP contribution in [0.3, 0.4) is 0 Å². The quantitative estimate of drug-likeness (QED) is 0.385. The Hall–Kier alpha value is -2.60. The van der Waals surface area contributed by atoms with E-state index >= 15 is 0 Å². The van der Waals surface area contributed by atoms with Crippen LogP contribution in [0.25, 0.3) is 5.57 Å². The van der Waals surface area contributed by atoms with Gasteiger partial charge in [-0.05, 0) is 34.4 Å². The monoisotopic (exact) mass is 511 g/mol. The van der Waals surface area contributed by atoms with Crippen LogP contribution in [-0.4, -0.2) is 38.1 Å². The highest BCUT2D eigenvalue weighted by Crippen LogP contribution is 2.33. The van der Waals surface area contributed by atoms with Crippen molar-refractivity contribution < 1.29 is 38.0 Å². The minimum absolute atomic E-state index is 0. The summed E-state index contributed by atoms with van der Waals surface area (Å²) < 4.78 is 13.4. The van der Waals surface area contributed by atoms with Gasteiger partial charge in [-0.1, -0.05) is 60.7 Å². The summed E-state index contributed by atoms with van der Waals surface area (Å²) in [6.07, 6.45) is 3.28. The molecule has 0 aromatic heterocycles. The van der Waals surface area contributed by atoms with Gasteiger partial charge in [-0.3, -0.25) is 0 Å². The van der Waals surface area contributed by atoms with Gasteiger partial charge in [0.15, 0.2) is 11.5 Å². The Morgan fingerprint density at radius 3 is 1.90 bits per heavy atom. The van der Waals surface area contributed by atoms with Crippen molar-refractivity contribution in [3.63, 3.8) is 0 Å². The predicted molar refractivity (Wildman–Crippen MR) is 118 cm³/mol. The molecule has 0 amide bonds. The first-order valence-electron chi connectivity index (χ1n) is 9.87. The van der Waals surface area contributed by atoms with Gasteiger partial charge in [-0.2, -0.15) is 0 Å². The lowest BCUT2D eigenvalue weighted by Crippen LogP contribution is -3.00. The van der Waals surface area contributed by atoms with Crippen LogP contribution in [0, 0.1) is 0 Å². The molecule has 0 unspecified atom stereocenters. The third kappa shape index (κ3) is 4.43. The fraction of sp³-hybridized carbons (Fsp3) is 0.192. The van der Waals surface area contributed by atoms with Crippen LogP contribution in [0.5, 0.6) is 11.5 Å². The van der Waals surface area contributed by atoms with E-state index in [2.05, 4.69) is 90.5 Å². The van der Waals surface area contributed by atoms with Crippen LogP contribution in [0.1, 0.15) is 22.3 Å². The van der Waals surface area contributed by atoms with Crippen molar-refractivity contribution in [2.45, 2.75) is 6.42 Å². The highest BCUT2D eigenvalue weighted by Gasteiger charge is 2.25. The van der Waals surface area contributed by atoms with E-state index in [0.29, 0.717) is 0 Å². The van der Waals surface area contributed by atoms with E-state index < -0.39 is 0 Å². The van der Waals surface area contributed by atoms with E-state index in [1.165, 1.54) is 33.5 Å². The summed E-state index contributed by atoms with van der Waals surface area (Å²) in [7, 11) is 5.53. The second kappa shape index (κ2) is 9.94. The molecule has 1 heterocycles. The summed E-state index contributed by atoms with van der Waals surface area (Å²) in [4.78, 5) is 0. The number of hydrogen-bond acceptors (Lipinski definition) is 2. The maximum Gasteiger partial charge on any atom is 0.208 e. The summed E-state index contributed by atoms with van der Waals surface area (Å²) in [6, 6.07) is 25.3. The van der Waals surface area contributed by atoms with Crippen LogP contribution in [-0.2, 0) is 6.42 Å². The normalized spacial score (nSPS) is 12.5. The molecule has 0 saturated carbocycles. The van der Waals surface area contributed by atoms with Crippen molar-refractivity contribution in [2.24, 2.45) is 0 Å². The number of halogens is 1. The van der Waals surface area contributed by atoms with Crippen molar-refractivity contribution in [3.8, 4) is 11.5 Å². The maximum absolute atomic E-state index is 5.58. The van der Waals surface area contributed by atoms with Crippen LogP contribution in [0.2, 0.25) is 0 Å². The Bertz CT molecular complexity index is 1030. The van der Waals surface area contributed by atoms with Crippen LogP contribution in [0.4, 0.5) is 0 Å². The molecule has 0 spiro atoms. The first-order valence-corrected chi connectivity index (χ1v) is 9.87. The van der Waals surface area contributed by atoms with Crippen molar-refractivity contribution in [2.75, 3.05) is 27.8 Å². The third-order valence-corrected chi connectivity index (χ3v) is 5.46. The Morgan fingerprint density at radius 2 is 1.37 bits per heavy atom. The molecule has 4 rings (SSSR count). The highest BCUT2D eigenvalue weighted by molar-refractivity contribution is 6.12. The van der Waals surface area contributed by atoms with Gasteiger partial charge in [0.2, 0.25) is 5.71 Å². The van der Waals surface area contributed by atoms with Gasteiger partial charge in [-0.15, -0.1) is 0 Å². The molecular weight excluding hydrogens is 485 g/mol. The molecule has 1 aliphatic rings. The standard InChI is InChI=1S/C26H26NO2.HI/c1-27-15-14-21-16-25(28-2)26(29-3)18-23(21)24(27)17-22(19-10-6-4-7-11-19)20-12-8-5-9-13-20;/h4-13,16-18H,14-15H2,1-3H3;1H/q+1;/p-1. The van der Waals surface area contributed by atoms with E-state index in [1.54, 1.807) is 14.2 Å². The molecule has 3 nitrogen and oxygen atoms in total. The number of benzene rings is 3. The summed E-state index contributed by atoms with van der Waals surface area (Å²) >= 11 is 0. The van der Waals surface area contributed by atoms with E-state index in [0.717, 1.165) is 24.5 Å². The van der Waals surface area contributed by atoms with Crippen LogP contribution < -0.4 is 33.5 Å². The second-order valence-electron chi connectivity index (χ2n) is 7.21. The largest absolute Gasteiger partial charge is 1.00 e. The summed E-state index contributed by atoms with van der Waals surface area (Å²) in [5, 5.41) is 0. The molecule has 0 fully saturated rings. The van der Waals surface area contributed by atoms with Crippen LogP contribution >= 0.6 is 0 Å². The first kappa shape index (κ1) is 22.1. The molecule has 0 aliphatic carbocycles. The SMILES string of the molecule is COc1cc2c(cc1OC)C(C=C(c1ccccc1)c1ccccc1)=[N+](C)CC2.[I-]. The molecular formula is C26H26INO2. The van der Waals surface area contributed by atoms with Gasteiger partial charge in [-0.25, -0.2) is 4.58 Å². The summed E-state index contributed by atoms with van der Waals surface area (Å²) in [5.41, 5.74) is 7.28. The number of ether oxygens (including phenoxy) is 2. The maximum atomic E-state index is 5.58. The van der Waals surface area contributed by atoms with Gasteiger partial charge in [0.25, 0.3) is 0 Å². The van der Waals surface area contributed by atoms with Crippen molar-refractivity contribution in [3.05, 3.63) is 101 Å². The minimum atomic E-state index is 0. The molecule has 0 radical (unpaired) electrons. The van der Waals surface area contributed by atoms with E-state index in [1.807, 2.05) is 0 Å². The number of nitrogens with zero attached hydrogens (tertiary/aromatic N) is 1. The summed E-state index contributed by atoms with van der Waals surface area (Å²) in [6.45, 7) is 0.963. The number of likely N-dealkylation sites (N-methyl/N-ethyl adjacent to an activating group) is 1. The zero-order valence-corrected chi connectivity index (χ0v) is 19.7. The van der Waals surface area contributed by atoms with Gasteiger partial charge in [0.1, 0.15) is 13.6 Å². The third-order valence-electron chi connectivity index (χ3n) is 5.46. The van der Waals surface area contributed by atoms with Crippen LogP contribution in [0.15, 0.2) is 78.9 Å². The molecule has 0 bridgehead atoms. The lowest BCUT2D eigenvalue weighted by atomic mass is 9.91. The number of rotatable bonds is 5. The molecule has 0 saturated heterocycles. The lowest BCUT2D eigenvalue weighted by Gasteiger charge is -2.19. The Balaban J connectivity index is 0.00000256. The zero-order valence-electron chi connectivity index (χ0n) is 17.6. The topological polar surface area (TPSA) is 21.5 Å². The van der Waals surface area contributed by atoms with Gasteiger partial charge in [0.05, 0.1) is 19.8 Å². The minimum Gasteiger partial charge on any atom is -1.00 e. The van der Waals surface area contributed by atoms with Crippen molar-refractivity contribution in [1.82, 2.24) is 0 Å². The number of methoxy groups -OCH3 is 2. The molecule has 154 valence electrons. The highest BCUT2D eigenvalue weighted by atomic mass is 127. The van der Waals surface area contributed by atoms with Crippen molar-refractivity contribution >= 4 is 11.3 Å². The lowest BCUT2D eigenvalue weighted by molar-refractivity contribution is -0.497. The Kier molecular flexibility index (Phi) is 7.32. The average Bonchev–Trinajstić information content (AvgIpc) is 2.78. The van der Waals surface area contributed by atoms with E-state index in [9.17, 15) is 0 Å². The Morgan fingerprint density at radius 1 is 0.833 bits per heavy atom. The summed E-state index contributed by atoms with van der Waals surface area (Å²) in [5.74, 6) is 1.54. The molecule has 3 aromatic carbocycles. The van der Waals surface area contributed by atoms with Gasteiger partial charge >= 0.3 is 0 Å². The molecule has 3 aromatic rings. The first-order chi connectivity index (χ1) is 14.2. The molecule has 1 aliphatic heterocycles. The number of fused-ring (bicyclic) bond motifs is 1. The average molecular weight is 511 g/mol. The zero-order chi connectivity index (χ0) is 20.2. The molecule has 0 N–H and O–H groups in total. The predicted octanol–water partition coefficient (Wildman–Crippen LogP) is 1.83. The molecule has 4 heteroatoms. The number of hydrogen-bond donors (Lipinski definition) is 0. The van der Waals surface area contributed by atoms with Gasteiger partial charge < -0.3 is 33.5 Å².